The molecule has 0 radical (unpaired) electrons. The van der Waals surface area contributed by atoms with Crippen molar-refractivity contribution < 1.29 is 4.74 Å². The first-order valence-corrected chi connectivity index (χ1v) is 8.05. The van der Waals surface area contributed by atoms with E-state index in [1.54, 1.807) is 9.13 Å². The van der Waals surface area contributed by atoms with Gasteiger partial charge in [-0.25, -0.2) is 9.97 Å². The van der Waals surface area contributed by atoms with E-state index in [1.807, 2.05) is 20.2 Å². The number of fused-ring (bicyclic) bond motifs is 2. The Morgan fingerprint density at radius 3 is 3.00 bits per heavy atom. The number of aromatic nitrogens is 4. The number of ether oxygens (including phenoxy) is 1. The zero-order valence-corrected chi connectivity index (χ0v) is 12.5. The lowest BCUT2D eigenvalue weighted by Gasteiger charge is -2.05. The molecule has 1 unspecified atom stereocenters. The van der Waals surface area contributed by atoms with E-state index in [-0.39, 0.29) is 11.0 Å². The molecule has 8 heteroatoms. The topological polar surface area (TPSA) is 61.9 Å². The quantitative estimate of drug-likeness (QED) is 0.629. The summed E-state index contributed by atoms with van der Waals surface area (Å²) in [6, 6.07) is 0. The molecule has 0 saturated heterocycles. The molecule has 6 nitrogen and oxygen atoms in total. The minimum Gasteiger partial charge on any atom is -0.366 e. The summed E-state index contributed by atoms with van der Waals surface area (Å²) in [6.45, 7) is 3.13. The highest BCUT2D eigenvalue weighted by Gasteiger charge is 2.27. The highest BCUT2D eigenvalue weighted by molar-refractivity contribution is 7.99. The van der Waals surface area contributed by atoms with Crippen LogP contribution in [0.3, 0.4) is 0 Å². The van der Waals surface area contributed by atoms with Gasteiger partial charge in [-0.2, -0.15) is 0 Å². The Bertz CT molecular complexity index is 694. The number of hydrogen-bond acceptors (Lipinski definition) is 6. The summed E-state index contributed by atoms with van der Waals surface area (Å²) in [5.41, 5.74) is 1.02. The third-order valence-electron chi connectivity index (χ3n) is 3.02. The first-order valence-electron chi connectivity index (χ1n) is 5.95. The van der Waals surface area contributed by atoms with Crippen molar-refractivity contribution in [2.24, 2.45) is 7.05 Å². The summed E-state index contributed by atoms with van der Waals surface area (Å²) in [6.07, 6.45) is 1.94. The van der Waals surface area contributed by atoms with Crippen LogP contribution in [-0.2, 0) is 18.3 Å². The minimum atomic E-state index is -0.0370. The van der Waals surface area contributed by atoms with Crippen molar-refractivity contribution in [2.75, 3.05) is 12.9 Å². The van der Waals surface area contributed by atoms with E-state index >= 15 is 0 Å². The van der Waals surface area contributed by atoms with Crippen LogP contribution in [0, 0.1) is 0 Å². The van der Waals surface area contributed by atoms with Crippen molar-refractivity contribution in [1.82, 2.24) is 19.1 Å². The molecule has 0 spiro atoms. The lowest BCUT2D eigenvalue weighted by Crippen LogP contribution is -2.24. The van der Waals surface area contributed by atoms with Gasteiger partial charge in [0.05, 0.1) is 6.54 Å². The second-order valence-corrected chi connectivity index (χ2v) is 6.04. The fourth-order valence-electron chi connectivity index (χ4n) is 2.16. The maximum atomic E-state index is 12.5. The second kappa shape index (κ2) is 4.84. The zero-order valence-electron chi connectivity index (χ0n) is 10.9. The fraction of sp³-hybridized carbons (Fsp3) is 0.545. The number of nitrogens with zero attached hydrogens (tertiary/aromatic N) is 4. The highest BCUT2D eigenvalue weighted by Crippen LogP contribution is 2.31. The SMILES string of the molecule is CCOC1Cn2c(nc3nc(SC)n(C)c3c2=O)S1. The first-order chi connectivity index (χ1) is 9.15. The van der Waals surface area contributed by atoms with Gasteiger partial charge >= 0.3 is 0 Å². The van der Waals surface area contributed by atoms with Gasteiger partial charge in [0.2, 0.25) is 0 Å². The van der Waals surface area contributed by atoms with E-state index in [4.69, 9.17) is 4.74 Å². The van der Waals surface area contributed by atoms with Gasteiger partial charge in [0.1, 0.15) is 5.44 Å². The van der Waals surface area contributed by atoms with E-state index in [2.05, 4.69) is 9.97 Å². The predicted molar refractivity (Wildman–Crippen MR) is 75.8 cm³/mol. The van der Waals surface area contributed by atoms with Crippen molar-refractivity contribution >= 4 is 34.7 Å². The van der Waals surface area contributed by atoms with Crippen LogP contribution in [0.5, 0.6) is 0 Å². The Kier molecular flexibility index (Phi) is 3.32. The van der Waals surface area contributed by atoms with Crippen molar-refractivity contribution in [2.45, 2.75) is 29.2 Å². The molecule has 0 bridgehead atoms. The number of rotatable bonds is 3. The number of thioether (sulfide) groups is 2. The van der Waals surface area contributed by atoms with E-state index in [0.29, 0.717) is 29.5 Å². The molecule has 0 aliphatic carbocycles. The summed E-state index contributed by atoms with van der Waals surface area (Å²) in [7, 11) is 1.85. The van der Waals surface area contributed by atoms with Gasteiger partial charge < -0.3 is 9.30 Å². The first kappa shape index (κ1) is 13.0. The maximum absolute atomic E-state index is 12.5. The Balaban J connectivity index is 2.16. The molecule has 1 atom stereocenters. The molecule has 3 heterocycles. The summed E-state index contributed by atoms with van der Waals surface area (Å²) < 4.78 is 9.04. The Labute approximate surface area is 118 Å². The number of imidazole rings is 1. The monoisotopic (exact) mass is 298 g/mol. The van der Waals surface area contributed by atoms with Gasteiger partial charge in [0.15, 0.2) is 21.5 Å². The predicted octanol–water partition coefficient (Wildman–Crippen LogP) is 1.32. The van der Waals surface area contributed by atoms with Crippen LogP contribution in [0.4, 0.5) is 0 Å². The normalized spacial score (nSPS) is 18.2. The van der Waals surface area contributed by atoms with Crippen LogP contribution in [0.2, 0.25) is 0 Å². The summed E-state index contributed by atoms with van der Waals surface area (Å²) >= 11 is 2.99. The van der Waals surface area contributed by atoms with Gasteiger partial charge in [0.25, 0.3) is 5.56 Å². The number of hydrogen-bond donors (Lipinski definition) is 0. The van der Waals surface area contributed by atoms with E-state index in [9.17, 15) is 4.79 Å². The molecule has 0 aromatic carbocycles. The molecule has 0 amide bonds. The van der Waals surface area contributed by atoms with Gasteiger partial charge in [-0.3, -0.25) is 9.36 Å². The van der Waals surface area contributed by atoms with Gasteiger partial charge in [-0.05, 0) is 13.2 Å². The molecule has 0 saturated carbocycles. The van der Waals surface area contributed by atoms with Crippen molar-refractivity contribution in [1.29, 1.82) is 0 Å². The summed E-state index contributed by atoms with van der Waals surface area (Å²) in [5.74, 6) is 0. The largest absolute Gasteiger partial charge is 0.366 e. The average Bonchev–Trinajstić information content (AvgIpc) is 2.92. The standard InChI is InChI=1S/C11H14N4O2S2/c1-4-17-6-5-15-9(16)7-8(13-11(15)19-6)12-10(18-3)14(7)2/h6H,4-5H2,1-3H3. The molecule has 2 aromatic rings. The van der Waals surface area contributed by atoms with Crippen LogP contribution in [-0.4, -0.2) is 37.4 Å². The van der Waals surface area contributed by atoms with E-state index < -0.39 is 0 Å². The zero-order chi connectivity index (χ0) is 13.6. The van der Waals surface area contributed by atoms with Crippen molar-refractivity contribution in [3.05, 3.63) is 10.4 Å². The van der Waals surface area contributed by atoms with Gasteiger partial charge in [0, 0.05) is 13.7 Å². The molecule has 102 valence electrons. The van der Waals surface area contributed by atoms with Crippen molar-refractivity contribution in [3.63, 3.8) is 0 Å². The van der Waals surface area contributed by atoms with Crippen LogP contribution in [0.25, 0.3) is 11.2 Å². The third kappa shape index (κ3) is 1.98. The fourth-order valence-corrected chi connectivity index (χ4v) is 3.79. The molecule has 0 fully saturated rings. The molecular weight excluding hydrogens is 284 g/mol. The van der Waals surface area contributed by atoms with Crippen LogP contribution < -0.4 is 5.56 Å². The molecular formula is C11H14N4O2S2. The summed E-state index contributed by atoms with van der Waals surface area (Å²) in [4.78, 5) is 21.4. The highest BCUT2D eigenvalue weighted by atomic mass is 32.2. The lowest BCUT2D eigenvalue weighted by molar-refractivity contribution is 0.116. The molecule has 1 aliphatic rings. The maximum Gasteiger partial charge on any atom is 0.280 e. The van der Waals surface area contributed by atoms with E-state index in [0.717, 1.165) is 5.16 Å². The number of aryl methyl sites for hydroxylation is 1. The minimum absolute atomic E-state index is 0.0259. The Morgan fingerprint density at radius 1 is 1.53 bits per heavy atom. The van der Waals surface area contributed by atoms with Gasteiger partial charge in [-0.1, -0.05) is 23.5 Å². The molecule has 0 N–H and O–H groups in total. The smallest absolute Gasteiger partial charge is 0.280 e. The molecule has 1 aliphatic heterocycles. The molecule has 19 heavy (non-hydrogen) atoms. The average molecular weight is 298 g/mol. The Morgan fingerprint density at radius 2 is 2.32 bits per heavy atom. The lowest BCUT2D eigenvalue weighted by atomic mass is 10.5. The summed E-state index contributed by atoms with van der Waals surface area (Å²) in [5, 5.41) is 1.50. The van der Waals surface area contributed by atoms with Crippen LogP contribution in [0.15, 0.2) is 15.1 Å². The van der Waals surface area contributed by atoms with E-state index in [1.165, 1.54) is 23.5 Å². The second-order valence-electron chi connectivity index (χ2n) is 4.14. The van der Waals surface area contributed by atoms with Crippen molar-refractivity contribution in [3.8, 4) is 0 Å². The Hall–Kier alpha value is -0.990. The third-order valence-corrected chi connectivity index (χ3v) is 4.82. The molecule has 3 rings (SSSR count). The molecule has 2 aromatic heterocycles. The van der Waals surface area contributed by atoms with Gasteiger partial charge in [-0.15, -0.1) is 0 Å². The van der Waals surface area contributed by atoms with Crippen LogP contribution >= 0.6 is 23.5 Å². The van der Waals surface area contributed by atoms with Crippen LogP contribution in [0.1, 0.15) is 6.92 Å².